The summed E-state index contributed by atoms with van der Waals surface area (Å²) >= 11 is 0. The molecule has 17 heavy (non-hydrogen) atoms. The first-order chi connectivity index (χ1) is 7.43. The summed E-state index contributed by atoms with van der Waals surface area (Å²) in [6.07, 6.45) is -4.44. The largest absolute Gasteiger partial charge is 0.449 e. The molecule has 2 rings (SSSR count). The van der Waals surface area contributed by atoms with Crippen molar-refractivity contribution in [2.45, 2.75) is 19.6 Å². The Hall–Kier alpha value is -1.43. The lowest BCUT2D eigenvalue weighted by molar-refractivity contribution is -0.146. The normalized spacial score (nSPS) is 11.5. The molecule has 1 aromatic heterocycles. The van der Waals surface area contributed by atoms with Crippen LogP contribution in [-0.2, 0) is 12.7 Å². The van der Waals surface area contributed by atoms with Crippen LogP contribution < -0.4 is 5.73 Å². The molecule has 7 heteroatoms. The highest BCUT2D eigenvalue weighted by atomic mass is 35.5. The van der Waals surface area contributed by atoms with E-state index in [9.17, 15) is 13.2 Å². The second-order valence-electron chi connectivity index (χ2n) is 3.43. The van der Waals surface area contributed by atoms with Crippen LogP contribution in [0.2, 0.25) is 0 Å². The maximum Gasteiger partial charge on any atom is 0.449 e. The van der Waals surface area contributed by atoms with Crippen molar-refractivity contribution < 1.29 is 13.2 Å². The summed E-state index contributed by atoms with van der Waals surface area (Å²) in [5.74, 6) is -0.879. The minimum atomic E-state index is -4.44. The topological polar surface area (TPSA) is 43.8 Å². The summed E-state index contributed by atoms with van der Waals surface area (Å²) < 4.78 is 39.1. The zero-order valence-corrected chi connectivity index (χ0v) is 9.77. The molecule has 0 radical (unpaired) electrons. The first kappa shape index (κ1) is 13.6. The van der Waals surface area contributed by atoms with E-state index in [0.717, 1.165) is 4.57 Å². The molecule has 0 fully saturated rings. The van der Waals surface area contributed by atoms with Crippen molar-refractivity contribution in [2.75, 3.05) is 5.73 Å². The molecule has 0 saturated heterocycles. The van der Waals surface area contributed by atoms with Crippen LogP contribution in [-0.4, -0.2) is 9.55 Å². The summed E-state index contributed by atoms with van der Waals surface area (Å²) in [5.41, 5.74) is 6.63. The second-order valence-corrected chi connectivity index (χ2v) is 3.43. The van der Waals surface area contributed by atoms with Gasteiger partial charge in [0, 0.05) is 12.2 Å². The molecule has 0 bridgehead atoms. The fraction of sp³-hybridized carbons (Fsp3) is 0.300. The predicted octanol–water partition coefficient (Wildman–Crippen LogP) is 3.08. The molecule has 1 heterocycles. The first-order valence-electron chi connectivity index (χ1n) is 4.76. The smallest absolute Gasteiger partial charge is 0.399 e. The summed E-state index contributed by atoms with van der Waals surface area (Å²) in [7, 11) is 0. The van der Waals surface area contributed by atoms with Crippen molar-refractivity contribution in [3.63, 3.8) is 0 Å². The number of rotatable bonds is 1. The number of aryl methyl sites for hydroxylation is 1. The van der Waals surface area contributed by atoms with Gasteiger partial charge in [0.25, 0.3) is 0 Å². The van der Waals surface area contributed by atoms with Gasteiger partial charge in [-0.15, -0.1) is 12.4 Å². The zero-order chi connectivity index (χ0) is 11.9. The van der Waals surface area contributed by atoms with Gasteiger partial charge in [-0.2, -0.15) is 13.2 Å². The van der Waals surface area contributed by atoms with E-state index < -0.39 is 12.0 Å². The fourth-order valence-electron chi connectivity index (χ4n) is 1.68. The molecule has 1 aromatic carbocycles. The van der Waals surface area contributed by atoms with E-state index in [0.29, 0.717) is 11.2 Å². The van der Waals surface area contributed by atoms with E-state index in [1.807, 2.05) is 0 Å². The van der Waals surface area contributed by atoms with Crippen molar-refractivity contribution in [2.24, 2.45) is 0 Å². The van der Waals surface area contributed by atoms with E-state index in [4.69, 9.17) is 5.73 Å². The van der Waals surface area contributed by atoms with Crippen molar-refractivity contribution in [3.05, 3.63) is 24.0 Å². The molecule has 0 atom stereocenters. The summed E-state index contributed by atoms with van der Waals surface area (Å²) in [6, 6.07) is 4.56. The van der Waals surface area contributed by atoms with Gasteiger partial charge in [-0.05, 0) is 25.1 Å². The van der Waals surface area contributed by atoms with Crippen molar-refractivity contribution in [3.8, 4) is 0 Å². The van der Waals surface area contributed by atoms with Gasteiger partial charge in [0.05, 0.1) is 11.0 Å². The van der Waals surface area contributed by atoms with Gasteiger partial charge in [-0.25, -0.2) is 4.98 Å². The van der Waals surface area contributed by atoms with Crippen LogP contribution in [0.5, 0.6) is 0 Å². The monoisotopic (exact) mass is 265 g/mol. The number of nitrogens with zero attached hydrogens (tertiary/aromatic N) is 2. The lowest BCUT2D eigenvalue weighted by Crippen LogP contribution is -2.14. The number of nitrogen functional groups attached to an aromatic ring is 1. The third-order valence-electron chi connectivity index (χ3n) is 2.34. The van der Waals surface area contributed by atoms with Gasteiger partial charge in [0.15, 0.2) is 0 Å². The minimum Gasteiger partial charge on any atom is -0.399 e. The molecule has 0 unspecified atom stereocenters. The number of imidazole rings is 1. The number of aromatic nitrogens is 2. The number of nitrogens with two attached hydrogens (primary N) is 1. The van der Waals surface area contributed by atoms with Crippen molar-refractivity contribution in [1.29, 1.82) is 0 Å². The number of alkyl halides is 3. The maximum absolute atomic E-state index is 12.7. The van der Waals surface area contributed by atoms with E-state index in [2.05, 4.69) is 4.98 Å². The van der Waals surface area contributed by atoms with Crippen LogP contribution in [0.4, 0.5) is 18.9 Å². The Kier molecular flexibility index (Phi) is 3.56. The second kappa shape index (κ2) is 4.44. The molecular weight excluding hydrogens is 255 g/mol. The number of benzene rings is 1. The molecule has 0 saturated carbocycles. The number of anilines is 1. The molecule has 0 aliphatic rings. The molecule has 0 spiro atoms. The molecule has 2 N–H and O–H groups in total. The molecule has 0 amide bonds. The van der Waals surface area contributed by atoms with Crippen molar-refractivity contribution >= 4 is 29.1 Å². The van der Waals surface area contributed by atoms with E-state index in [1.54, 1.807) is 19.1 Å². The Bertz CT molecular complexity index is 533. The third kappa shape index (κ3) is 2.31. The number of hydrogen-bond donors (Lipinski definition) is 1. The number of fused-ring (bicyclic) bond motifs is 1. The lowest BCUT2D eigenvalue weighted by Gasteiger charge is -2.08. The quantitative estimate of drug-likeness (QED) is 0.806. The summed E-state index contributed by atoms with van der Waals surface area (Å²) in [5, 5.41) is 0. The van der Waals surface area contributed by atoms with Crippen LogP contribution in [0.3, 0.4) is 0 Å². The molecule has 94 valence electrons. The Morgan fingerprint density at radius 3 is 2.53 bits per heavy atom. The molecule has 0 aliphatic carbocycles. The Morgan fingerprint density at radius 1 is 1.35 bits per heavy atom. The average Bonchev–Trinajstić information content (AvgIpc) is 2.54. The zero-order valence-electron chi connectivity index (χ0n) is 8.95. The number of halogens is 4. The number of hydrogen-bond acceptors (Lipinski definition) is 2. The van der Waals surface area contributed by atoms with E-state index >= 15 is 0 Å². The van der Waals surface area contributed by atoms with Crippen LogP contribution in [0.25, 0.3) is 11.0 Å². The average molecular weight is 266 g/mol. The summed E-state index contributed by atoms with van der Waals surface area (Å²) in [4.78, 5) is 3.57. The Labute approximate surface area is 102 Å². The van der Waals surface area contributed by atoms with Crippen LogP contribution in [0.15, 0.2) is 18.2 Å². The maximum atomic E-state index is 12.7. The highest BCUT2D eigenvalue weighted by molar-refractivity contribution is 5.85. The van der Waals surface area contributed by atoms with Crippen LogP contribution in [0.1, 0.15) is 12.7 Å². The fourth-order valence-corrected chi connectivity index (χ4v) is 1.68. The van der Waals surface area contributed by atoms with Gasteiger partial charge in [-0.3, -0.25) is 0 Å². The van der Waals surface area contributed by atoms with Crippen LogP contribution >= 0.6 is 12.4 Å². The van der Waals surface area contributed by atoms with Crippen LogP contribution in [0, 0.1) is 0 Å². The van der Waals surface area contributed by atoms with E-state index in [1.165, 1.54) is 6.07 Å². The van der Waals surface area contributed by atoms with E-state index in [-0.39, 0.29) is 24.5 Å². The van der Waals surface area contributed by atoms with Gasteiger partial charge >= 0.3 is 6.18 Å². The Morgan fingerprint density at radius 2 is 2.00 bits per heavy atom. The standard InChI is InChI=1S/C10H10F3N3.ClH/c1-2-16-8-4-3-6(14)5-7(8)15-9(16)10(11,12)13;/h3-5H,2,14H2,1H3;1H. The molecule has 3 nitrogen and oxygen atoms in total. The summed E-state index contributed by atoms with van der Waals surface area (Å²) in [6.45, 7) is 1.86. The first-order valence-corrected chi connectivity index (χ1v) is 4.76. The Balaban J connectivity index is 0.00000144. The third-order valence-corrected chi connectivity index (χ3v) is 2.34. The highest BCUT2D eigenvalue weighted by Crippen LogP contribution is 2.31. The minimum absolute atomic E-state index is 0. The predicted molar refractivity (Wildman–Crippen MR) is 62.1 cm³/mol. The molecular formula is C10H11ClF3N3. The van der Waals surface area contributed by atoms with Gasteiger partial charge in [0.2, 0.25) is 5.82 Å². The highest BCUT2D eigenvalue weighted by Gasteiger charge is 2.37. The lowest BCUT2D eigenvalue weighted by atomic mass is 10.3. The van der Waals surface area contributed by atoms with Gasteiger partial charge in [0.1, 0.15) is 0 Å². The molecule has 2 aromatic rings. The van der Waals surface area contributed by atoms with Gasteiger partial charge in [-0.1, -0.05) is 0 Å². The van der Waals surface area contributed by atoms with Gasteiger partial charge < -0.3 is 10.3 Å². The van der Waals surface area contributed by atoms with Crippen molar-refractivity contribution in [1.82, 2.24) is 9.55 Å². The SMILES string of the molecule is CCn1c(C(F)(F)F)nc2cc(N)ccc21.Cl. The molecule has 0 aliphatic heterocycles.